The van der Waals surface area contributed by atoms with Crippen molar-refractivity contribution in [1.82, 2.24) is 24.3 Å². The van der Waals surface area contributed by atoms with Gasteiger partial charge in [0.2, 0.25) is 5.88 Å². The molecular weight excluding hydrogens is 523 g/mol. The Morgan fingerprint density at radius 2 is 1.71 bits per heavy atom. The van der Waals surface area contributed by atoms with E-state index in [0.717, 1.165) is 6.07 Å². The van der Waals surface area contributed by atoms with Crippen LogP contribution in [0, 0.1) is 11.6 Å². The van der Waals surface area contributed by atoms with Gasteiger partial charge in [-0.2, -0.15) is 18.3 Å². The number of hydrogen-bond donors (Lipinski definition) is 2. The lowest BCUT2D eigenvalue weighted by Crippen LogP contribution is -2.41. The van der Waals surface area contributed by atoms with E-state index in [1.807, 2.05) is 0 Å². The van der Waals surface area contributed by atoms with Crippen molar-refractivity contribution < 1.29 is 41.4 Å². The van der Waals surface area contributed by atoms with Crippen LogP contribution in [0.5, 0.6) is 5.88 Å². The first kappa shape index (κ1) is 26.7. The van der Waals surface area contributed by atoms with Crippen molar-refractivity contribution in [3.05, 3.63) is 69.8 Å². The standard InChI is InChI=1S/C20H18F2N6O3.C2HF3O2/c21-11-3-10(4-12(22)5-11)16-1-2-17-26-28(20(30)27(16)17)13-6-14(7-13)31-18-8-15(19(23)29)24-9-25-18;3-2(4,5)1(6)7/h3-5,8-9,13-14,16H,1-2,6-7H2,(H2,23,29);(H,6,7)/t13?,14?,16-;/m0./s1. The number of nitrogens with two attached hydrogens (primary N) is 1. The normalized spacial score (nSPS) is 20.1. The van der Waals surface area contributed by atoms with E-state index in [-0.39, 0.29) is 29.4 Å². The number of hydrogen-bond acceptors (Lipinski definition) is 7. The molecule has 0 bridgehead atoms. The molecular formula is C22H19F5N6O5. The minimum atomic E-state index is -5.08. The molecule has 1 fully saturated rings. The summed E-state index contributed by atoms with van der Waals surface area (Å²) in [5, 5.41) is 11.6. The number of alkyl halides is 3. The zero-order valence-corrected chi connectivity index (χ0v) is 19.2. The third kappa shape index (κ3) is 5.63. The number of aliphatic carboxylic acids is 1. The number of fused-ring (bicyclic) bond motifs is 1. The van der Waals surface area contributed by atoms with Gasteiger partial charge < -0.3 is 15.6 Å². The summed E-state index contributed by atoms with van der Waals surface area (Å²) in [4.78, 5) is 40.8. The Hall–Kier alpha value is -4.37. The number of carbonyl (C=O) groups excluding carboxylic acids is 1. The Bertz CT molecular complexity index is 1410. The molecule has 1 saturated carbocycles. The number of halogens is 5. The lowest BCUT2D eigenvalue weighted by molar-refractivity contribution is -0.192. The maximum Gasteiger partial charge on any atom is 0.490 e. The number of aromatic nitrogens is 5. The van der Waals surface area contributed by atoms with Gasteiger partial charge in [0.05, 0.1) is 12.1 Å². The average Bonchev–Trinajstić information content (AvgIpc) is 3.35. The second-order valence-electron chi connectivity index (χ2n) is 8.54. The number of primary amides is 1. The summed E-state index contributed by atoms with van der Waals surface area (Å²) >= 11 is 0. The van der Waals surface area contributed by atoms with Gasteiger partial charge >= 0.3 is 17.8 Å². The highest BCUT2D eigenvalue weighted by Crippen LogP contribution is 2.36. The molecule has 1 amide bonds. The number of ether oxygens (including phenoxy) is 1. The number of rotatable bonds is 5. The van der Waals surface area contributed by atoms with E-state index in [1.54, 1.807) is 0 Å². The SMILES string of the molecule is NC(=O)c1cc(OC2CC(n3nc4n(c3=O)[C@H](c3cc(F)cc(F)c3)CC4)C2)ncn1.O=C(O)C(F)(F)F. The van der Waals surface area contributed by atoms with E-state index in [9.17, 15) is 31.5 Å². The van der Waals surface area contributed by atoms with E-state index >= 15 is 0 Å². The van der Waals surface area contributed by atoms with Gasteiger partial charge in [0.15, 0.2) is 0 Å². The number of carbonyl (C=O) groups is 2. The van der Waals surface area contributed by atoms with Crippen LogP contribution in [-0.2, 0) is 11.2 Å². The Labute approximate surface area is 209 Å². The van der Waals surface area contributed by atoms with Crippen molar-refractivity contribution in [3.63, 3.8) is 0 Å². The molecule has 202 valence electrons. The van der Waals surface area contributed by atoms with Crippen LogP contribution in [-0.4, -0.2) is 53.6 Å². The first-order chi connectivity index (χ1) is 17.8. The maximum atomic E-state index is 13.6. The molecule has 1 atom stereocenters. The fourth-order valence-corrected chi connectivity index (χ4v) is 4.18. The Kier molecular flexibility index (Phi) is 7.15. The fourth-order valence-electron chi connectivity index (χ4n) is 4.18. The molecule has 0 radical (unpaired) electrons. The molecule has 0 unspecified atom stereocenters. The Morgan fingerprint density at radius 3 is 2.29 bits per heavy atom. The monoisotopic (exact) mass is 542 g/mol. The van der Waals surface area contributed by atoms with Gasteiger partial charge in [-0.1, -0.05) is 0 Å². The molecule has 3 aromatic rings. The zero-order valence-electron chi connectivity index (χ0n) is 19.2. The van der Waals surface area contributed by atoms with Crippen molar-refractivity contribution in [1.29, 1.82) is 0 Å². The molecule has 1 aliphatic carbocycles. The van der Waals surface area contributed by atoms with Crippen molar-refractivity contribution in [2.24, 2.45) is 5.73 Å². The largest absolute Gasteiger partial charge is 0.490 e. The van der Waals surface area contributed by atoms with Gasteiger partial charge in [-0.3, -0.25) is 9.36 Å². The molecule has 2 aliphatic rings. The van der Waals surface area contributed by atoms with Gasteiger partial charge in [0.1, 0.15) is 35.6 Å². The average molecular weight is 542 g/mol. The molecule has 2 aromatic heterocycles. The van der Waals surface area contributed by atoms with Gasteiger partial charge in [0.25, 0.3) is 5.91 Å². The third-order valence-electron chi connectivity index (χ3n) is 5.97. The van der Waals surface area contributed by atoms with Crippen LogP contribution >= 0.6 is 0 Å². The summed E-state index contributed by atoms with van der Waals surface area (Å²) in [7, 11) is 0. The molecule has 1 aliphatic heterocycles. The lowest BCUT2D eigenvalue weighted by atomic mass is 9.89. The van der Waals surface area contributed by atoms with E-state index in [4.69, 9.17) is 20.4 Å². The quantitative estimate of drug-likeness (QED) is 0.465. The fraction of sp³-hybridized carbons (Fsp3) is 0.364. The zero-order chi connectivity index (χ0) is 27.8. The summed E-state index contributed by atoms with van der Waals surface area (Å²) in [5.41, 5.74) is 5.38. The van der Waals surface area contributed by atoms with Crippen LogP contribution in [0.25, 0.3) is 0 Å². The molecule has 3 N–H and O–H groups in total. The maximum absolute atomic E-state index is 13.6. The highest BCUT2D eigenvalue weighted by atomic mass is 19.4. The Balaban J connectivity index is 0.000000426. The van der Waals surface area contributed by atoms with Crippen molar-refractivity contribution in [3.8, 4) is 5.88 Å². The first-order valence-electron chi connectivity index (χ1n) is 11.1. The van der Waals surface area contributed by atoms with Gasteiger partial charge in [0, 0.05) is 31.4 Å². The highest BCUT2D eigenvalue weighted by molar-refractivity contribution is 5.90. The van der Waals surface area contributed by atoms with Gasteiger partial charge in [-0.15, -0.1) is 0 Å². The lowest BCUT2D eigenvalue weighted by Gasteiger charge is -2.34. The second-order valence-corrected chi connectivity index (χ2v) is 8.54. The minimum Gasteiger partial charge on any atom is -0.475 e. The molecule has 3 heterocycles. The van der Waals surface area contributed by atoms with Crippen LogP contribution in [0.1, 0.15) is 53.2 Å². The van der Waals surface area contributed by atoms with E-state index < -0.39 is 35.7 Å². The van der Waals surface area contributed by atoms with E-state index in [0.29, 0.717) is 37.1 Å². The minimum absolute atomic E-state index is 0.0578. The van der Waals surface area contributed by atoms with Crippen LogP contribution in [0.3, 0.4) is 0 Å². The summed E-state index contributed by atoms with van der Waals surface area (Å²) in [6.07, 6.45) is -1.90. The van der Waals surface area contributed by atoms with Crippen LogP contribution in [0.15, 0.2) is 35.4 Å². The molecule has 0 saturated heterocycles. The van der Waals surface area contributed by atoms with Gasteiger partial charge in [-0.25, -0.2) is 33.0 Å². The number of nitrogens with zero attached hydrogens (tertiary/aromatic N) is 5. The smallest absolute Gasteiger partial charge is 0.475 e. The summed E-state index contributed by atoms with van der Waals surface area (Å²) in [5.74, 6) is -3.94. The number of amides is 1. The van der Waals surface area contributed by atoms with Crippen LogP contribution in [0.2, 0.25) is 0 Å². The summed E-state index contributed by atoms with van der Waals surface area (Å²) in [6.45, 7) is 0. The van der Waals surface area contributed by atoms with E-state index in [1.165, 1.54) is 33.8 Å². The predicted molar refractivity (Wildman–Crippen MR) is 116 cm³/mol. The van der Waals surface area contributed by atoms with Crippen molar-refractivity contribution >= 4 is 11.9 Å². The number of aryl methyl sites for hydroxylation is 1. The predicted octanol–water partition coefficient (Wildman–Crippen LogP) is 2.16. The van der Waals surface area contributed by atoms with Crippen molar-refractivity contribution in [2.45, 2.75) is 50.0 Å². The van der Waals surface area contributed by atoms with Crippen LogP contribution in [0.4, 0.5) is 22.0 Å². The molecule has 0 spiro atoms. The second kappa shape index (κ2) is 10.2. The molecule has 16 heteroatoms. The number of carboxylic acid groups (broad SMARTS) is 1. The highest BCUT2D eigenvalue weighted by Gasteiger charge is 2.39. The summed E-state index contributed by atoms with van der Waals surface area (Å²) < 4.78 is 67.7. The summed E-state index contributed by atoms with van der Waals surface area (Å²) in [6, 6.07) is 4.09. The van der Waals surface area contributed by atoms with Crippen LogP contribution < -0.4 is 16.2 Å². The topological polar surface area (TPSA) is 155 Å². The molecule has 1 aromatic carbocycles. The van der Waals surface area contributed by atoms with Crippen molar-refractivity contribution in [2.75, 3.05) is 0 Å². The van der Waals surface area contributed by atoms with E-state index in [2.05, 4.69) is 15.1 Å². The first-order valence-corrected chi connectivity index (χ1v) is 11.1. The molecule has 5 rings (SSSR count). The Morgan fingerprint density at radius 1 is 1.08 bits per heavy atom. The van der Waals surface area contributed by atoms with Gasteiger partial charge in [-0.05, 0) is 24.1 Å². The number of benzene rings is 1. The third-order valence-corrected chi connectivity index (χ3v) is 5.97. The number of carboxylic acids is 1. The molecule has 38 heavy (non-hydrogen) atoms. The molecule has 11 nitrogen and oxygen atoms in total.